The number of aliphatic hydroxyl groups is 4. The van der Waals surface area contributed by atoms with Crippen molar-refractivity contribution < 1.29 is 68.0 Å². The highest BCUT2D eigenvalue weighted by atomic mass is 16.7. The lowest BCUT2D eigenvalue weighted by Gasteiger charge is -2.67. The zero-order chi connectivity index (χ0) is 34.3. The number of hydrogen-bond donors (Lipinski definition) is 4. The van der Waals surface area contributed by atoms with Gasteiger partial charge in [-0.3, -0.25) is 4.79 Å². The second-order valence-electron chi connectivity index (χ2n) is 15.0. The Morgan fingerprint density at radius 1 is 1.09 bits per heavy atom. The molecule has 0 radical (unpaired) electrons. The molecule has 0 unspecified atom stereocenters. The molecule has 0 aromatic carbocycles. The third-order valence-corrected chi connectivity index (χ3v) is 13.6. The largest absolute Gasteiger partial charge is 0.469 e. The summed E-state index contributed by atoms with van der Waals surface area (Å²) in [6.07, 6.45) is -4.66. The van der Waals surface area contributed by atoms with Crippen molar-refractivity contribution in [3.05, 3.63) is 24.0 Å². The molecule has 260 valence electrons. The van der Waals surface area contributed by atoms with Crippen LogP contribution in [-0.4, -0.2) is 119 Å². The predicted octanol–water partition coefficient (Wildman–Crippen LogP) is -0.112. The number of hydrogen-bond acceptors (Lipinski definition) is 14. The van der Waals surface area contributed by atoms with Crippen molar-refractivity contribution in [3.8, 4) is 0 Å². The van der Waals surface area contributed by atoms with E-state index in [1.54, 1.807) is 40.7 Å². The van der Waals surface area contributed by atoms with Gasteiger partial charge in [0, 0.05) is 40.6 Å². The van der Waals surface area contributed by atoms with E-state index in [-0.39, 0.29) is 18.6 Å². The fourth-order valence-corrected chi connectivity index (χ4v) is 11.4. The number of carbonyl (C=O) groups excluding carboxylic acids is 3. The van der Waals surface area contributed by atoms with Crippen molar-refractivity contribution in [2.75, 3.05) is 20.8 Å². The molecule has 4 heterocycles. The number of aliphatic hydroxyl groups excluding tert-OH is 3. The summed E-state index contributed by atoms with van der Waals surface area (Å²) in [6, 6.07) is 0. The lowest BCUT2D eigenvalue weighted by molar-refractivity contribution is -0.308. The van der Waals surface area contributed by atoms with Crippen molar-refractivity contribution in [1.82, 2.24) is 0 Å². The summed E-state index contributed by atoms with van der Waals surface area (Å²) in [5.41, 5.74) is -8.80. The van der Waals surface area contributed by atoms with Gasteiger partial charge in [0.2, 0.25) is 6.29 Å². The van der Waals surface area contributed by atoms with Crippen LogP contribution < -0.4 is 0 Å². The van der Waals surface area contributed by atoms with Crippen LogP contribution in [0.3, 0.4) is 0 Å². The van der Waals surface area contributed by atoms with Crippen LogP contribution in [0.5, 0.6) is 0 Å². The molecule has 3 saturated heterocycles. The van der Waals surface area contributed by atoms with Gasteiger partial charge in [-0.1, -0.05) is 19.9 Å². The van der Waals surface area contributed by atoms with E-state index in [9.17, 15) is 34.8 Å². The summed E-state index contributed by atoms with van der Waals surface area (Å²) >= 11 is 0. The van der Waals surface area contributed by atoms with E-state index in [0.29, 0.717) is 6.42 Å². The van der Waals surface area contributed by atoms with Crippen molar-refractivity contribution in [2.24, 2.45) is 34.0 Å². The number of rotatable bonds is 6. The minimum atomic E-state index is -1.94. The quantitative estimate of drug-likeness (QED) is 0.127. The van der Waals surface area contributed by atoms with Gasteiger partial charge in [0.25, 0.3) is 0 Å². The molecule has 4 N–H and O–H groups in total. The molecule has 14 nitrogen and oxygen atoms in total. The summed E-state index contributed by atoms with van der Waals surface area (Å²) in [5.74, 6) is -5.56. The molecule has 0 amide bonds. The van der Waals surface area contributed by atoms with Crippen LogP contribution in [0.4, 0.5) is 0 Å². The van der Waals surface area contributed by atoms with Crippen LogP contribution in [0.2, 0.25) is 0 Å². The number of allylic oxidation sites excluding steroid dienone is 1. The fourth-order valence-electron chi connectivity index (χ4n) is 11.4. The average molecular weight is 665 g/mol. The maximum atomic E-state index is 14.0. The minimum Gasteiger partial charge on any atom is -0.469 e. The van der Waals surface area contributed by atoms with Gasteiger partial charge in [-0.05, 0) is 33.3 Å². The first kappa shape index (κ1) is 32.9. The highest BCUT2D eigenvalue weighted by Gasteiger charge is 2.94. The Bertz CT molecular complexity index is 1460. The van der Waals surface area contributed by atoms with Crippen LogP contribution in [0, 0.1) is 34.0 Å². The molecule has 0 spiro atoms. The molecule has 14 heteroatoms. The smallest absolute Gasteiger partial charge is 0.335 e. The molecule has 7 aliphatic rings. The van der Waals surface area contributed by atoms with Gasteiger partial charge >= 0.3 is 17.9 Å². The maximum Gasteiger partial charge on any atom is 0.335 e. The molecule has 2 bridgehead atoms. The molecule has 4 aliphatic heterocycles. The van der Waals surface area contributed by atoms with Crippen LogP contribution in [-0.2, 0) is 47.5 Å². The number of fused-ring (bicyclic) bond motifs is 7. The van der Waals surface area contributed by atoms with Crippen molar-refractivity contribution in [3.63, 3.8) is 0 Å². The second-order valence-corrected chi connectivity index (χ2v) is 15.0. The zero-order valence-electron chi connectivity index (χ0n) is 27.5. The summed E-state index contributed by atoms with van der Waals surface area (Å²) in [6.45, 7) is 7.98. The van der Waals surface area contributed by atoms with E-state index in [4.69, 9.17) is 33.2 Å². The van der Waals surface area contributed by atoms with Crippen LogP contribution in [0.25, 0.3) is 0 Å². The monoisotopic (exact) mass is 664 g/mol. The zero-order valence-corrected chi connectivity index (χ0v) is 27.5. The highest BCUT2D eigenvalue weighted by Crippen LogP contribution is 2.81. The molecule has 7 rings (SSSR count). The number of methoxy groups -OCH3 is 2. The van der Waals surface area contributed by atoms with Crippen molar-refractivity contribution >= 4 is 17.9 Å². The van der Waals surface area contributed by atoms with E-state index < -0.39 is 112 Å². The molecule has 16 atom stereocenters. The second kappa shape index (κ2) is 9.99. The standard InChI is InChI=1S/C33H44O14/c1-8-14(2)24(37)45-17-12-16(34)28(3)21(19(35)25(38)41-6)29(4,23(36)20-22(28)31(17,13-44-20)26(39)42-7)33-18-11-15(30(33,5)47-33)32(40)9-10-43-27(32)46-18/h8-10,15-23,27,34-36,40H,11-13H2,1-7H3/b14-8+/t15-,16-,17+,18+,19-,20+,21+,22+,23+,27-,28+,29-,30-,31-,32-,33-/m0/s1. The Balaban J connectivity index is 1.42. The Hall–Kier alpha value is -2.59. The topological polar surface area (TPSA) is 200 Å². The Morgan fingerprint density at radius 3 is 2.43 bits per heavy atom. The van der Waals surface area contributed by atoms with E-state index in [2.05, 4.69) is 0 Å². The Kier molecular flexibility index (Phi) is 7.00. The first-order valence-corrected chi connectivity index (χ1v) is 16.1. The molecular formula is C33H44O14. The van der Waals surface area contributed by atoms with Crippen LogP contribution >= 0.6 is 0 Å². The lowest BCUT2D eigenvalue weighted by Crippen LogP contribution is -2.78. The Morgan fingerprint density at radius 2 is 1.79 bits per heavy atom. The third kappa shape index (κ3) is 3.47. The van der Waals surface area contributed by atoms with E-state index in [1.807, 2.05) is 0 Å². The minimum absolute atomic E-state index is 0.272. The Labute approximate surface area is 271 Å². The first-order valence-electron chi connectivity index (χ1n) is 16.1. The lowest BCUT2D eigenvalue weighted by atomic mass is 9.37. The molecular weight excluding hydrogens is 620 g/mol. The maximum absolute atomic E-state index is 14.0. The van der Waals surface area contributed by atoms with E-state index in [1.165, 1.54) is 19.4 Å². The number of ether oxygens (including phenoxy) is 7. The van der Waals surface area contributed by atoms with Gasteiger partial charge in [0.1, 0.15) is 22.7 Å². The van der Waals surface area contributed by atoms with E-state index >= 15 is 0 Å². The fraction of sp³-hybridized carbons (Fsp3) is 0.788. The van der Waals surface area contributed by atoms with Crippen LogP contribution in [0.15, 0.2) is 24.0 Å². The molecule has 3 saturated carbocycles. The van der Waals surface area contributed by atoms with Gasteiger partial charge in [-0.2, -0.15) is 0 Å². The summed E-state index contributed by atoms with van der Waals surface area (Å²) in [4.78, 5) is 40.4. The number of esters is 3. The van der Waals surface area contributed by atoms with E-state index in [0.717, 1.165) is 7.11 Å². The third-order valence-electron chi connectivity index (χ3n) is 13.6. The number of carbonyl (C=O) groups is 3. The summed E-state index contributed by atoms with van der Waals surface area (Å²) < 4.78 is 41.2. The van der Waals surface area contributed by atoms with Crippen LogP contribution in [0.1, 0.15) is 47.5 Å². The van der Waals surface area contributed by atoms with Gasteiger partial charge in [0.05, 0.1) is 51.5 Å². The molecule has 3 aliphatic carbocycles. The van der Waals surface area contributed by atoms with Gasteiger partial charge in [-0.15, -0.1) is 0 Å². The number of epoxide rings is 1. The molecule has 0 aromatic rings. The molecule has 47 heavy (non-hydrogen) atoms. The van der Waals surface area contributed by atoms with Gasteiger partial charge < -0.3 is 53.6 Å². The first-order chi connectivity index (χ1) is 22.0. The molecule has 0 aromatic heterocycles. The summed E-state index contributed by atoms with van der Waals surface area (Å²) in [5, 5.41) is 48.6. The average Bonchev–Trinajstić information content (AvgIpc) is 3.30. The van der Waals surface area contributed by atoms with Gasteiger partial charge in [0.15, 0.2) is 11.7 Å². The van der Waals surface area contributed by atoms with Crippen molar-refractivity contribution in [2.45, 2.75) is 107 Å². The van der Waals surface area contributed by atoms with Gasteiger partial charge in [-0.25, -0.2) is 9.59 Å². The molecule has 6 fully saturated rings. The SMILES string of the molecule is C/C=C(\C)C(=O)O[C@@H]1C[C@H](O)[C@]2(C)[C@@H]([C@H](O)C(=O)OC)[C@](C)([C@]34O[C@@]3(C)[C@@H]3C[C@H]4O[C@@H]4OC=C[C@@]43O)[C@H](O)[C@@H]3OC[C@@]1(C(=O)OC)[C@H]32. The van der Waals surface area contributed by atoms with Crippen molar-refractivity contribution in [1.29, 1.82) is 0 Å². The highest BCUT2D eigenvalue weighted by molar-refractivity contribution is 5.88. The normalized spacial score (nSPS) is 54.0. The summed E-state index contributed by atoms with van der Waals surface area (Å²) in [7, 11) is 2.30. The predicted molar refractivity (Wildman–Crippen MR) is 156 cm³/mol.